The van der Waals surface area contributed by atoms with E-state index in [9.17, 15) is 5.11 Å². The highest BCUT2D eigenvalue weighted by Gasteiger charge is 2.26. The minimum absolute atomic E-state index is 0. The molecule has 6 nitrogen and oxygen atoms in total. The summed E-state index contributed by atoms with van der Waals surface area (Å²) in [5, 5.41) is 16.7. The summed E-state index contributed by atoms with van der Waals surface area (Å²) in [6.07, 6.45) is 0. The van der Waals surface area contributed by atoms with Crippen LogP contribution >= 0.6 is 24.0 Å². The molecule has 1 atom stereocenters. The Hall–Kier alpha value is -0.800. The summed E-state index contributed by atoms with van der Waals surface area (Å²) >= 11 is 0. The lowest BCUT2D eigenvalue weighted by atomic mass is 10.0. The molecule has 1 aromatic heterocycles. The summed E-state index contributed by atoms with van der Waals surface area (Å²) in [5.41, 5.74) is -1.13. The zero-order valence-corrected chi connectivity index (χ0v) is 16.1. The first kappa shape index (κ1) is 21.2. The van der Waals surface area contributed by atoms with Gasteiger partial charge in [0.1, 0.15) is 17.1 Å². The highest BCUT2D eigenvalue weighted by Crippen LogP contribution is 2.22. The largest absolute Gasteiger partial charge is 0.463 e. The Balaban J connectivity index is 0.00000441. The Morgan fingerprint density at radius 3 is 2.64 bits per heavy atom. The fraction of sp³-hybridized carbons (Fsp3) is 0.667. The zero-order chi connectivity index (χ0) is 15.7. The van der Waals surface area contributed by atoms with E-state index in [4.69, 9.17) is 9.15 Å². The van der Waals surface area contributed by atoms with Crippen molar-refractivity contribution >= 4 is 29.9 Å². The molecule has 128 valence electrons. The number of hydrogen-bond acceptors (Lipinski definition) is 4. The number of halogens is 1. The monoisotopic (exact) mass is 425 g/mol. The van der Waals surface area contributed by atoms with Crippen LogP contribution in [0, 0.1) is 6.92 Å². The van der Waals surface area contributed by atoms with Crippen molar-refractivity contribution < 1.29 is 14.3 Å². The second-order valence-corrected chi connectivity index (χ2v) is 5.00. The summed E-state index contributed by atoms with van der Waals surface area (Å²) < 4.78 is 10.7. The molecule has 1 aromatic rings. The van der Waals surface area contributed by atoms with Crippen LogP contribution in [-0.4, -0.2) is 43.9 Å². The Morgan fingerprint density at radius 2 is 2.09 bits per heavy atom. The molecule has 1 rings (SSSR count). The van der Waals surface area contributed by atoms with Crippen molar-refractivity contribution in [1.82, 2.24) is 10.6 Å². The Labute approximate surface area is 149 Å². The standard InChI is InChI=1S/C15H27N3O3.HI/c1-5-16-14(17-9-10-20-6-2)18-11-15(4,19)13-8-7-12(3)21-13;/h7-8,19H,5-6,9-11H2,1-4H3,(H2,16,17,18);1H. The maximum Gasteiger partial charge on any atom is 0.191 e. The van der Waals surface area contributed by atoms with E-state index < -0.39 is 5.60 Å². The van der Waals surface area contributed by atoms with Crippen molar-refractivity contribution in [2.24, 2.45) is 4.99 Å². The molecule has 0 spiro atoms. The first-order valence-electron chi connectivity index (χ1n) is 7.38. The van der Waals surface area contributed by atoms with Crippen molar-refractivity contribution in [3.8, 4) is 0 Å². The maximum absolute atomic E-state index is 10.4. The van der Waals surface area contributed by atoms with Crippen LogP contribution in [0.3, 0.4) is 0 Å². The fourth-order valence-corrected chi connectivity index (χ4v) is 1.76. The van der Waals surface area contributed by atoms with Crippen LogP contribution in [-0.2, 0) is 10.3 Å². The van der Waals surface area contributed by atoms with Gasteiger partial charge in [-0.05, 0) is 39.8 Å². The molecule has 3 N–H and O–H groups in total. The Bertz CT molecular complexity index is 447. The lowest BCUT2D eigenvalue weighted by Crippen LogP contribution is -2.40. The molecule has 1 unspecified atom stereocenters. The molecular formula is C15H28IN3O3. The number of aryl methyl sites for hydroxylation is 1. The Morgan fingerprint density at radius 1 is 1.36 bits per heavy atom. The number of nitrogens with one attached hydrogen (secondary N) is 2. The second kappa shape index (κ2) is 10.8. The van der Waals surface area contributed by atoms with E-state index in [1.807, 2.05) is 26.8 Å². The van der Waals surface area contributed by atoms with Crippen LogP contribution in [0.1, 0.15) is 32.3 Å². The molecule has 0 fully saturated rings. The lowest BCUT2D eigenvalue weighted by Gasteiger charge is -2.19. The molecule has 0 aliphatic carbocycles. The highest BCUT2D eigenvalue weighted by atomic mass is 127. The van der Waals surface area contributed by atoms with Gasteiger partial charge in [0.25, 0.3) is 0 Å². The third-order valence-corrected chi connectivity index (χ3v) is 2.90. The summed E-state index contributed by atoms with van der Waals surface area (Å²) in [6, 6.07) is 3.61. The number of furan rings is 1. The van der Waals surface area contributed by atoms with E-state index in [1.165, 1.54) is 0 Å². The number of guanidine groups is 1. The van der Waals surface area contributed by atoms with Gasteiger partial charge in [-0.3, -0.25) is 0 Å². The minimum atomic E-state index is -1.13. The van der Waals surface area contributed by atoms with Gasteiger partial charge in [0.15, 0.2) is 5.96 Å². The SMILES string of the molecule is CCNC(=NCC(C)(O)c1ccc(C)o1)NCCOCC.I. The fourth-order valence-electron chi connectivity index (χ4n) is 1.76. The van der Waals surface area contributed by atoms with Gasteiger partial charge < -0.3 is 24.9 Å². The topological polar surface area (TPSA) is 79.0 Å². The summed E-state index contributed by atoms with van der Waals surface area (Å²) in [7, 11) is 0. The van der Waals surface area contributed by atoms with Gasteiger partial charge in [-0.15, -0.1) is 24.0 Å². The van der Waals surface area contributed by atoms with Crippen LogP contribution in [0.25, 0.3) is 0 Å². The van der Waals surface area contributed by atoms with Gasteiger partial charge in [-0.1, -0.05) is 0 Å². The number of aliphatic hydroxyl groups is 1. The summed E-state index contributed by atoms with van der Waals surface area (Å²) in [4.78, 5) is 4.40. The van der Waals surface area contributed by atoms with Gasteiger partial charge in [0.05, 0.1) is 13.2 Å². The van der Waals surface area contributed by atoms with Crippen molar-refractivity contribution in [3.63, 3.8) is 0 Å². The van der Waals surface area contributed by atoms with E-state index in [1.54, 1.807) is 13.0 Å². The van der Waals surface area contributed by atoms with Crippen LogP contribution in [0.5, 0.6) is 0 Å². The van der Waals surface area contributed by atoms with Crippen molar-refractivity contribution in [2.75, 3.05) is 32.8 Å². The average Bonchev–Trinajstić information content (AvgIpc) is 2.88. The summed E-state index contributed by atoms with van der Waals surface area (Å²) in [5.74, 6) is 1.95. The summed E-state index contributed by atoms with van der Waals surface area (Å²) in [6.45, 7) is 10.4. The third-order valence-electron chi connectivity index (χ3n) is 2.90. The smallest absolute Gasteiger partial charge is 0.191 e. The van der Waals surface area contributed by atoms with Gasteiger partial charge in [0.2, 0.25) is 0 Å². The number of ether oxygens (including phenoxy) is 1. The normalized spacial score (nSPS) is 14.1. The molecule has 0 bridgehead atoms. The van der Waals surface area contributed by atoms with Crippen molar-refractivity contribution in [3.05, 3.63) is 23.7 Å². The average molecular weight is 425 g/mol. The molecule has 0 amide bonds. The number of hydrogen-bond donors (Lipinski definition) is 3. The third kappa shape index (κ3) is 7.46. The van der Waals surface area contributed by atoms with E-state index in [0.29, 0.717) is 31.5 Å². The van der Waals surface area contributed by atoms with E-state index in [0.717, 1.165) is 12.3 Å². The van der Waals surface area contributed by atoms with Gasteiger partial charge in [-0.25, -0.2) is 4.99 Å². The first-order chi connectivity index (χ1) is 9.99. The quantitative estimate of drug-likeness (QED) is 0.257. The Kier molecular flexibility index (Phi) is 10.5. The van der Waals surface area contributed by atoms with Crippen LogP contribution in [0.15, 0.2) is 21.5 Å². The molecule has 0 saturated carbocycles. The molecule has 0 aliphatic heterocycles. The molecule has 0 aromatic carbocycles. The number of rotatable bonds is 8. The second-order valence-electron chi connectivity index (χ2n) is 5.00. The molecule has 7 heteroatoms. The molecule has 0 saturated heterocycles. The molecule has 0 aliphatic rings. The van der Waals surface area contributed by atoms with Crippen molar-refractivity contribution in [2.45, 2.75) is 33.3 Å². The van der Waals surface area contributed by atoms with E-state index in [-0.39, 0.29) is 30.5 Å². The predicted molar refractivity (Wildman–Crippen MR) is 98.9 cm³/mol. The van der Waals surface area contributed by atoms with Gasteiger partial charge in [-0.2, -0.15) is 0 Å². The van der Waals surface area contributed by atoms with Crippen molar-refractivity contribution in [1.29, 1.82) is 0 Å². The highest BCUT2D eigenvalue weighted by molar-refractivity contribution is 14.0. The first-order valence-corrected chi connectivity index (χ1v) is 7.38. The zero-order valence-electron chi connectivity index (χ0n) is 13.8. The number of nitrogens with zero attached hydrogens (tertiary/aromatic N) is 1. The minimum Gasteiger partial charge on any atom is -0.463 e. The maximum atomic E-state index is 10.4. The van der Waals surface area contributed by atoms with Gasteiger partial charge in [0, 0.05) is 19.7 Å². The van der Waals surface area contributed by atoms with Crippen LogP contribution < -0.4 is 10.6 Å². The molecule has 22 heavy (non-hydrogen) atoms. The van der Waals surface area contributed by atoms with Crippen LogP contribution in [0.4, 0.5) is 0 Å². The van der Waals surface area contributed by atoms with Crippen LogP contribution in [0.2, 0.25) is 0 Å². The molecule has 1 heterocycles. The predicted octanol–water partition coefficient (Wildman–Crippen LogP) is 2.01. The molecular weight excluding hydrogens is 397 g/mol. The number of aliphatic imine (C=N–C) groups is 1. The lowest BCUT2D eigenvalue weighted by molar-refractivity contribution is 0.0428. The van der Waals surface area contributed by atoms with Gasteiger partial charge >= 0.3 is 0 Å². The van der Waals surface area contributed by atoms with E-state index in [2.05, 4.69) is 15.6 Å². The van der Waals surface area contributed by atoms with E-state index >= 15 is 0 Å². The molecule has 0 radical (unpaired) electrons.